The van der Waals surface area contributed by atoms with E-state index in [-0.39, 0.29) is 55.2 Å². The predicted molar refractivity (Wildman–Crippen MR) is 115 cm³/mol. The number of sulfonamides is 1. The van der Waals surface area contributed by atoms with Gasteiger partial charge in [-0.05, 0) is 44.9 Å². The highest BCUT2D eigenvalue weighted by Crippen LogP contribution is 2.37. The van der Waals surface area contributed by atoms with Crippen molar-refractivity contribution in [3.8, 4) is 0 Å². The summed E-state index contributed by atoms with van der Waals surface area (Å²) in [6.07, 6.45) is 0.472. The summed E-state index contributed by atoms with van der Waals surface area (Å²) in [4.78, 5) is 4.24. The van der Waals surface area contributed by atoms with E-state index in [9.17, 15) is 21.6 Å². The fraction of sp³-hybridized carbons (Fsp3) is 0.941. The van der Waals surface area contributed by atoms with Crippen LogP contribution < -0.4 is 15.4 Å². The molecule has 0 spiro atoms. The Balaban J connectivity index is 0.00000392. The van der Waals surface area contributed by atoms with Gasteiger partial charge in [-0.3, -0.25) is 4.99 Å². The number of halogens is 4. The van der Waals surface area contributed by atoms with Crippen LogP contribution in [-0.4, -0.2) is 52.0 Å². The number of aliphatic imine (C=N–C) groups is 1. The van der Waals surface area contributed by atoms with Gasteiger partial charge in [0.2, 0.25) is 10.0 Å². The molecule has 2 saturated carbocycles. The highest BCUT2D eigenvalue weighted by molar-refractivity contribution is 14.0. The average Bonchev–Trinajstić information content (AvgIpc) is 2.52. The molecule has 0 aromatic heterocycles. The van der Waals surface area contributed by atoms with E-state index >= 15 is 0 Å². The summed E-state index contributed by atoms with van der Waals surface area (Å²) in [5, 5.41) is 6.02. The van der Waals surface area contributed by atoms with Crippen LogP contribution in [0.2, 0.25) is 0 Å². The van der Waals surface area contributed by atoms with Gasteiger partial charge in [0.15, 0.2) is 5.96 Å². The normalized spacial score (nSPS) is 24.2. The monoisotopic (exact) mass is 540 g/mol. The van der Waals surface area contributed by atoms with Gasteiger partial charge >= 0.3 is 6.18 Å². The zero-order chi connectivity index (χ0) is 19.9. The van der Waals surface area contributed by atoms with Crippen LogP contribution >= 0.6 is 24.0 Å². The van der Waals surface area contributed by atoms with Gasteiger partial charge in [-0.2, -0.15) is 13.2 Å². The van der Waals surface area contributed by atoms with E-state index in [0.29, 0.717) is 37.8 Å². The molecule has 2 aliphatic rings. The lowest BCUT2D eigenvalue weighted by atomic mass is 9.85. The summed E-state index contributed by atoms with van der Waals surface area (Å²) in [6.45, 7) is 2.94. The molecular formula is C17H32F3IN4O2S. The van der Waals surface area contributed by atoms with Crippen molar-refractivity contribution in [3.05, 3.63) is 0 Å². The lowest BCUT2D eigenvalue weighted by Crippen LogP contribution is -2.47. The molecule has 3 N–H and O–H groups in total. The molecule has 2 atom stereocenters. The number of nitrogens with one attached hydrogen (secondary N) is 3. The summed E-state index contributed by atoms with van der Waals surface area (Å²) in [5.41, 5.74) is 0. The number of alkyl halides is 3. The third-order valence-corrected chi connectivity index (χ3v) is 6.60. The minimum absolute atomic E-state index is 0. The molecule has 6 nitrogen and oxygen atoms in total. The van der Waals surface area contributed by atoms with E-state index in [1.807, 2.05) is 6.92 Å². The Morgan fingerprint density at radius 3 is 2.39 bits per heavy atom. The lowest BCUT2D eigenvalue weighted by Gasteiger charge is -2.31. The number of nitrogens with zero attached hydrogens (tertiary/aromatic N) is 1. The quantitative estimate of drug-likeness (QED) is 0.251. The maximum atomic E-state index is 12.9. The van der Waals surface area contributed by atoms with Gasteiger partial charge in [-0.15, -0.1) is 24.0 Å². The van der Waals surface area contributed by atoms with Crippen molar-refractivity contribution in [3.63, 3.8) is 0 Å². The first-order valence-electron chi connectivity index (χ1n) is 9.78. The van der Waals surface area contributed by atoms with Crippen molar-refractivity contribution in [2.75, 3.05) is 25.4 Å². The second kappa shape index (κ2) is 11.8. The summed E-state index contributed by atoms with van der Waals surface area (Å²) in [6, 6.07) is -0.309. The molecule has 0 radical (unpaired) electrons. The van der Waals surface area contributed by atoms with Gasteiger partial charge in [0, 0.05) is 19.1 Å². The van der Waals surface area contributed by atoms with Gasteiger partial charge in [0.05, 0.1) is 18.2 Å². The Labute approximate surface area is 183 Å². The van der Waals surface area contributed by atoms with Crippen molar-refractivity contribution in [1.82, 2.24) is 15.4 Å². The molecule has 0 amide bonds. The Kier molecular flexibility index (Phi) is 10.8. The summed E-state index contributed by atoms with van der Waals surface area (Å²) < 4.78 is 65.5. The number of hydrogen-bond donors (Lipinski definition) is 3. The van der Waals surface area contributed by atoms with Gasteiger partial charge in [0.25, 0.3) is 0 Å². The van der Waals surface area contributed by atoms with Crippen molar-refractivity contribution in [1.29, 1.82) is 0 Å². The van der Waals surface area contributed by atoms with Crippen LogP contribution in [-0.2, 0) is 10.0 Å². The fourth-order valence-electron chi connectivity index (χ4n) is 3.42. The van der Waals surface area contributed by atoms with Gasteiger partial charge in [-0.25, -0.2) is 13.1 Å². The van der Waals surface area contributed by atoms with Crippen LogP contribution in [0, 0.1) is 11.8 Å². The van der Waals surface area contributed by atoms with Crippen LogP contribution in [0.25, 0.3) is 0 Å². The van der Waals surface area contributed by atoms with E-state index in [0.717, 1.165) is 19.3 Å². The van der Waals surface area contributed by atoms with Crippen molar-refractivity contribution in [2.45, 2.75) is 64.1 Å². The Bertz CT molecular complexity index is 598. The molecule has 2 unspecified atom stereocenters. The molecule has 0 bridgehead atoms. The molecule has 2 aliphatic carbocycles. The van der Waals surface area contributed by atoms with Gasteiger partial charge < -0.3 is 10.6 Å². The molecule has 166 valence electrons. The van der Waals surface area contributed by atoms with Crippen LogP contribution in [0.5, 0.6) is 0 Å². The average molecular weight is 540 g/mol. The number of guanidine groups is 1. The molecule has 2 rings (SSSR count). The maximum absolute atomic E-state index is 12.9. The van der Waals surface area contributed by atoms with Gasteiger partial charge in [0.1, 0.15) is 0 Å². The smallest absolute Gasteiger partial charge is 0.357 e. The van der Waals surface area contributed by atoms with E-state index in [1.165, 1.54) is 0 Å². The summed E-state index contributed by atoms with van der Waals surface area (Å²) >= 11 is 0. The first kappa shape index (κ1) is 25.7. The Morgan fingerprint density at radius 2 is 1.82 bits per heavy atom. The van der Waals surface area contributed by atoms with E-state index < -0.39 is 22.1 Å². The first-order valence-corrected chi connectivity index (χ1v) is 11.4. The molecule has 0 aromatic rings. The standard InChI is InChI=1S/C17H31F3N4O2S.HI/c1-2-21-16(24-15-8-4-7-14(11-15)17(18,19)20)22-9-10-27(25,26)23-12-13-5-3-6-13;/h13-15,23H,2-12H2,1H3,(H2,21,22,24);1H. The topological polar surface area (TPSA) is 82.6 Å². The minimum Gasteiger partial charge on any atom is -0.357 e. The second-order valence-corrected chi connectivity index (χ2v) is 9.40. The Morgan fingerprint density at radius 1 is 1.14 bits per heavy atom. The molecule has 2 fully saturated rings. The van der Waals surface area contributed by atoms with Crippen molar-refractivity contribution >= 4 is 40.0 Å². The number of hydrogen-bond acceptors (Lipinski definition) is 3. The van der Waals surface area contributed by atoms with Crippen molar-refractivity contribution in [2.24, 2.45) is 16.8 Å². The van der Waals surface area contributed by atoms with Crippen LogP contribution in [0.15, 0.2) is 4.99 Å². The Hall–Kier alpha value is -0.300. The van der Waals surface area contributed by atoms with Crippen LogP contribution in [0.1, 0.15) is 51.9 Å². The molecule has 0 heterocycles. The zero-order valence-electron chi connectivity index (χ0n) is 16.2. The fourth-order valence-corrected chi connectivity index (χ4v) is 4.39. The first-order chi connectivity index (χ1) is 12.7. The van der Waals surface area contributed by atoms with Crippen molar-refractivity contribution < 1.29 is 21.6 Å². The third-order valence-electron chi connectivity index (χ3n) is 5.27. The SMILES string of the molecule is CCNC(=NCCS(=O)(=O)NCC1CCC1)NC1CCCC(C(F)(F)F)C1.I. The van der Waals surface area contributed by atoms with Crippen LogP contribution in [0.3, 0.4) is 0 Å². The zero-order valence-corrected chi connectivity index (χ0v) is 19.4. The largest absolute Gasteiger partial charge is 0.391 e. The lowest BCUT2D eigenvalue weighted by molar-refractivity contribution is -0.183. The molecular weight excluding hydrogens is 508 g/mol. The second-order valence-electron chi connectivity index (χ2n) is 7.47. The summed E-state index contributed by atoms with van der Waals surface area (Å²) in [7, 11) is -3.39. The van der Waals surface area contributed by atoms with Crippen LogP contribution in [0.4, 0.5) is 13.2 Å². The maximum Gasteiger partial charge on any atom is 0.391 e. The van der Waals surface area contributed by atoms with E-state index in [4.69, 9.17) is 0 Å². The van der Waals surface area contributed by atoms with Gasteiger partial charge in [-0.1, -0.05) is 12.8 Å². The minimum atomic E-state index is -4.17. The summed E-state index contributed by atoms with van der Waals surface area (Å²) in [5.74, 6) is -0.607. The molecule has 28 heavy (non-hydrogen) atoms. The third kappa shape index (κ3) is 9.02. The molecule has 0 saturated heterocycles. The molecule has 11 heteroatoms. The number of rotatable bonds is 8. The van der Waals surface area contributed by atoms with E-state index in [1.54, 1.807) is 0 Å². The molecule has 0 aromatic carbocycles. The van der Waals surface area contributed by atoms with E-state index in [2.05, 4.69) is 20.3 Å². The highest BCUT2D eigenvalue weighted by atomic mass is 127. The predicted octanol–water partition coefficient (Wildman–Crippen LogP) is 3.00. The highest BCUT2D eigenvalue weighted by Gasteiger charge is 2.42. The molecule has 0 aliphatic heterocycles.